The van der Waals surface area contributed by atoms with Crippen LogP contribution in [-0.4, -0.2) is 18.0 Å². The van der Waals surface area contributed by atoms with Gasteiger partial charge in [0.15, 0.2) is 0 Å². The van der Waals surface area contributed by atoms with Crippen LogP contribution < -0.4 is 0 Å². The summed E-state index contributed by atoms with van der Waals surface area (Å²) < 4.78 is 5.31. The molecule has 0 saturated heterocycles. The fourth-order valence-electron chi connectivity index (χ4n) is 2.95. The number of fused-ring (bicyclic) bond motifs is 2. The number of halogens is 1. The lowest BCUT2D eigenvalue weighted by Crippen LogP contribution is -2.29. The summed E-state index contributed by atoms with van der Waals surface area (Å²) in [7, 11) is 0. The summed E-state index contributed by atoms with van der Waals surface area (Å²) in [5.41, 5.74) is 0. The highest BCUT2D eigenvalue weighted by Gasteiger charge is 2.46. The number of hydrogen-bond donors (Lipinski definition) is 0. The Morgan fingerprint density at radius 3 is 2.86 bits per heavy atom. The van der Waals surface area contributed by atoms with Crippen LogP contribution in [0, 0.1) is 17.8 Å². The van der Waals surface area contributed by atoms with Gasteiger partial charge in [-0.05, 0) is 31.1 Å². The molecule has 2 aliphatic carbocycles. The van der Waals surface area contributed by atoms with Crippen LogP contribution in [0.4, 0.5) is 0 Å². The molecular weight excluding hydrogens is 200 g/mol. The minimum Gasteiger partial charge on any atom is -0.461 e. The first kappa shape index (κ1) is 10.0. The van der Waals surface area contributed by atoms with Crippen LogP contribution in [0.5, 0.6) is 0 Å². The SMILES string of the molecule is C=CC1CC2CC(OC(=O)CCl)C1C2. The predicted molar refractivity (Wildman–Crippen MR) is 55.1 cm³/mol. The summed E-state index contributed by atoms with van der Waals surface area (Å²) >= 11 is 5.41. The first-order chi connectivity index (χ1) is 6.74. The first-order valence-corrected chi connectivity index (χ1v) is 5.66. The van der Waals surface area contributed by atoms with Gasteiger partial charge in [0.1, 0.15) is 12.0 Å². The van der Waals surface area contributed by atoms with Crippen molar-refractivity contribution in [2.75, 3.05) is 5.88 Å². The van der Waals surface area contributed by atoms with Crippen molar-refractivity contribution in [2.45, 2.75) is 25.4 Å². The van der Waals surface area contributed by atoms with Gasteiger partial charge >= 0.3 is 5.97 Å². The topological polar surface area (TPSA) is 26.3 Å². The largest absolute Gasteiger partial charge is 0.461 e. The fraction of sp³-hybridized carbons (Fsp3) is 0.727. The molecule has 2 rings (SSSR count). The van der Waals surface area contributed by atoms with E-state index in [0.29, 0.717) is 11.8 Å². The molecule has 2 nitrogen and oxygen atoms in total. The van der Waals surface area contributed by atoms with Crippen LogP contribution in [0.25, 0.3) is 0 Å². The van der Waals surface area contributed by atoms with Gasteiger partial charge in [-0.3, -0.25) is 4.79 Å². The Balaban J connectivity index is 1.96. The van der Waals surface area contributed by atoms with E-state index in [1.165, 1.54) is 12.8 Å². The van der Waals surface area contributed by atoms with Gasteiger partial charge in [0, 0.05) is 5.92 Å². The zero-order chi connectivity index (χ0) is 10.1. The van der Waals surface area contributed by atoms with Crippen LogP contribution in [-0.2, 0) is 9.53 Å². The number of rotatable bonds is 3. The minimum atomic E-state index is -0.285. The molecular formula is C11H15ClO2. The maximum atomic E-state index is 11.1. The standard InChI is InChI=1S/C11H15ClO2/c1-2-8-3-7-4-9(8)10(5-7)14-11(13)6-12/h2,7-10H,1,3-6H2. The molecule has 0 N–H and O–H groups in total. The van der Waals surface area contributed by atoms with Gasteiger partial charge in [-0.25, -0.2) is 0 Å². The van der Waals surface area contributed by atoms with E-state index in [-0.39, 0.29) is 18.0 Å². The van der Waals surface area contributed by atoms with E-state index in [0.717, 1.165) is 12.3 Å². The van der Waals surface area contributed by atoms with Crippen LogP contribution >= 0.6 is 11.6 Å². The molecule has 4 unspecified atom stereocenters. The molecule has 14 heavy (non-hydrogen) atoms. The molecule has 0 radical (unpaired) electrons. The predicted octanol–water partition coefficient (Wildman–Crippen LogP) is 2.37. The highest BCUT2D eigenvalue weighted by Crippen LogP contribution is 2.50. The van der Waals surface area contributed by atoms with Crippen molar-refractivity contribution >= 4 is 17.6 Å². The van der Waals surface area contributed by atoms with Gasteiger partial charge in [-0.2, -0.15) is 0 Å². The van der Waals surface area contributed by atoms with Crippen molar-refractivity contribution in [3.05, 3.63) is 12.7 Å². The molecule has 3 heteroatoms. The highest BCUT2D eigenvalue weighted by atomic mass is 35.5. The van der Waals surface area contributed by atoms with E-state index in [9.17, 15) is 4.79 Å². The molecule has 2 bridgehead atoms. The molecule has 2 fully saturated rings. The maximum absolute atomic E-state index is 11.1. The lowest BCUT2D eigenvalue weighted by molar-refractivity contribution is -0.148. The van der Waals surface area contributed by atoms with E-state index < -0.39 is 0 Å². The molecule has 0 amide bonds. The van der Waals surface area contributed by atoms with Crippen molar-refractivity contribution in [3.63, 3.8) is 0 Å². The number of hydrogen-bond acceptors (Lipinski definition) is 2. The number of carbonyl (C=O) groups excluding carboxylic acids is 1. The normalized spacial score (nSPS) is 39.8. The van der Waals surface area contributed by atoms with Gasteiger partial charge in [-0.1, -0.05) is 6.08 Å². The number of alkyl halides is 1. The summed E-state index contributed by atoms with van der Waals surface area (Å²) in [6.45, 7) is 3.83. The van der Waals surface area contributed by atoms with Crippen molar-refractivity contribution in [3.8, 4) is 0 Å². The van der Waals surface area contributed by atoms with Gasteiger partial charge in [0.05, 0.1) is 0 Å². The molecule has 78 valence electrons. The third-order valence-corrected chi connectivity index (χ3v) is 3.72. The van der Waals surface area contributed by atoms with Gasteiger partial charge in [0.25, 0.3) is 0 Å². The minimum absolute atomic E-state index is 0.0351. The van der Waals surface area contributed by atoms with Crippen molar-refractivity contribution in [2.24, 2.45) is 17.8 Å². The van der Waals surface area contributed by atoms with Crippen LogP contribution in [0.3, 0.4) is 0 Å². The molecule has 0 heterocycles. The van der Waals surface area contributed by atoms with Gasteiger partial charge < -0.3 is 4.74 Å². The molecule has 0 aliphatic heterocycles. The molecule has 0 aromatic heterocycles. The fourth-order valence-corrected chi connectivity index (χ4v) is 3.01. The first-order valence-electron chi connectivity index (χ1n) is 5.12. The second-order valence-corrected chi connectivity index (χ2v) is 4.57. The summed E-state index contributed by atoms with van der Waals surface area (Å²) in [5.74, 6) is 1.46. The second kappa shape index (κ2) is 3.93. The average molecular weight is 215 g/mol. The van der Waals surface area contributed by atoms with E-state index >= 15 is 0 Å². The third kappa shape index (κ3) is 1.68. The van der Waals surface area contributed by atoms with Crippen LogP contribution in [0.2, 0.25) is 0 Å². The van der Waals surface area contributed by atoms with E-state index in [1.807, 2.05) is 6.08 Å². The smallest absolute Gasteiger partial charge is 0.321 e. The Bertz CT molecular complexity index is 252. The van der Waals surface area contributed by atoms with E-state index in [1.54, 1.807) is 0 Å². The van der Waals surface area contributed by atoms with E-state index in [2.05, 4.69) is 6.58 Å². The van der Waals surface area contributed by atoms with Crippen molar-refractivity contribution in [1.29, 1.82) is 0 Å². The average Bonchev–Trinajstić information content (AvgIpc) is 2.75. The summed E-state index contributed by atoms with van der Waals surface area (Å²) in [6, 6.07) is 0. The highest BCUT2D eigenvalue weighted by molar-refractivity contribution is 6.26. The number of ether oxygens (including phenoxy) is 1. The quantitative estimate of drug-likeness (QED) is 0.410. The monoisotopic (exact) mass is 214 g/mol. The maximum Gasteiger partial charge on any atom is 0.321 e. The van der Waals surface area contributed by atoms with Gasteiger partial charge in [0.2, 0.25) is 0 Å². The lowest BCUT2D eigenvalue weighted by Gasteiger charge is -2.26. The van der Waals surface area contributed by atoms with Crippen LogP contribution in [0.1, 0.15) is 19.3 Å². The van der Waals surface area contributed by atoms with Crippen molar-refractivity contribution in [1.82, 2.24) is 0 Å². The molecule has 4 atom stereocenters. The molecule has 0 aromatic carbocycles. The molecule has 2 saturated carbocycles. The molecule has 0 aromatic rings. The zero-order valence-electron chi connectivity index (χ0n) is 8.12. The third-order valence-electron chi connectivity index (χ3n) is 3.50. The Kier molecular flexibility index (Phi) is 2.82. The Labute approximate surface area is 89.3 Å². The zero-order valence-corrected chi connectivity index (χ0v) is 8.87. The molecule has 2 aliphatic rings. The summed E-state index contributed by atoms with van der Waals surface area (Å²) in [6.07, 6.45) is 5.55. The van der Waals surface area contributed by atoms with Crippen LogP contribution in [0.15, 0.2) is 12.7 Å². The Hall–Kier alpha value is -0.500. The lowest BCUT2D eigenvalue weighted by atomic mass is 9.87. The Morgan fingerprint density at radius 2 is 2.29 bits per heavy atom. The summed E-state index contributed by atoms with van der Waals surface area (Å²) in [5, 5.41) is 0. The Morgan fingerprint density at radius 1 is 1.50 bits per heavy atom. The number of esters is 1. The second-order valence-electron chi connectivity index (χ2n) is 4.30. The van der Waals surface area contributed by atoms with E-state index in [4.69, 9.17) is 16.3 Å². The van der Waals surface area contributed by atoms with Gasteiger partial charge in [-0.15, -0.1) is 18.2 Å². The summed E-state index contributed by atoms with van der Waals surface area (Å²) in [4.78, 5) is 11.1. The molecule has 0 spiro atoms. The number of allylic oxidation sites excluding steroid dienone is 1. The van der Waals surface area contributed by atoms with Crippen molar-refractivity contribution < 1.29 is 9.53 Å². The number of carbonyl (C=O) groups is 1.